The Kier molecular flexibility index (Phi) is 14.6. The zero-order valence-corrected chi connectivity index (χ0v) is 38.9. The molecule has 0 radical (unpaired) electrons. The molecule has 10 rings (SSSR count). The van der Waals surface area contributed by atoms with E-state index < -0.39 is 0 Å². The van der Waals surface area contributed by atoms with Crippen LogP contribution in [0, 0.1) is 23.7 Å². The summed E-state index contributed by atoms with van der Waals surface area (Å²) in [6, 6.07) is 24.8. The number of aromatic hydroxyl groups is 3. The Morgan fingerprint density at radius 2 is 0.847 bits per heavy atom. The average Bonchev–Trinajstić information content (AvgIpc) is 4.04. The monoisotopic (exact) mass is 924 g/mol. The summed E-state index contributed by atoms with van der Waals surface area (Å²) in [5.41, 5.74) is 7.15. The van der Waals surface area contributed by atoms with Crippen molar-refractivity contribution in [2.75, 3.05) is 6.61 Å². The third kappa shape index (κ3) is 11.6. The normalized spacial score (nSPS) is 20.2. The van der Waals surface area contributed by atoms with Gasteiger partial charge in [0.2, 0.25) is 0 Å². The molecule has 4 aromatic carbocycles. The molecule has 4 aromatic rings. The van der Waals surface area contributed by atoms with Crippen LogP contribution in [0.3, 0.4) is 0 Å². The molecule has 4 atom stereocenters. The fourth-order valence-corrected chi connectivity index (χ4v) is 9.70. The Bertz CT molecular complexity index is 1960. The maximum atomic E-state index is 10.2. The number of para-hydroxylation sites is 4. The molecule has 4 unspecified atom stereocenters. The highest BCUT2D eigenvalue weighted by molar-refractivity contribution is 9.11. The predicted octanol–water partition coefficient (Wildman–Crippen LogP) is 15.8. The maximum Gasteiger partial charge on any atom is 0.137 e. The van der Waals surface area contributed by atoms with E-state index in [0.29, 0.717) is 59.4 Å². The lowest BCUT2D eigenvalue weighted by atomic mass is 9.92. The zero-order chi connectivity index (χ0) is 41.8. The van der Waals surface area contributed by atoms with Crippen molar-refractivity contribution < 1.29 is 20.1 Å². The lowest BCUT2D eigenvalue weighted by molar-refractivity contribution is 0.353. The van der Waals surface area contributed by atoms with E-state index in [9.17, 15) is 15.3 Å². The van der Waals surface area contributed by atoms with E-state index in [1.165, 1.54) is 105 Å². The molecule has 0 saturated heterocycles. The summed E-state index contributed by atoms with van der Waals surface area (Å²) in [5, 5.41) is 30.3. The molecule has 6 heteroatoms. The van der Waals surface area contributed by atoms with Crippen LogP contribution >= 0.6 is 31.9 Å². The van der Waals surface area contributed by atoms with Crippen molar-refractivity contribution in [1.82, 2.24) is 0 Å². The molecule has 4 nitrogen and oxygen atoms in total. The Labute approximate surface area is 371 Å². The number of hydrogen-bond donors (Lipinski definition) is 3. The summed E-state index contributed by atoms with van der Waals surface area (Å²) in [7, 11) is 0. The highest BCUT2D eigenvalue weighted by Gasteiger charge is 2.35. The summed E-state index contributed by atoms with van der Waals surface area (Å²) in [5.74, 6) is 9.37. The van der Waals surface area contributed by atoms with Crippen molar-refractivity contribution in [1.29, 1.82) is 0 Å². The summed E-state index contributed by atoms with van der Waals surface area (Å²) >= 11 is 6.89. The lowest BCUT2D eigenvalue weighted by Gasteiger charge is -2.17. The quantitative estimate of drug-likeness (QED) is 0.117. The van der Waals surface area contributed by atoms with Gasteiger partial charge in [0.05, 0.1) is 8.95 Å². The third-order valence-corrected chi connectivity index (χ3v) is 15.1. The largest absolute Gasteiger partial charge is 0.507 e. The molecule has 0 bridgehead atoms. The number of phenols is 3. The molecule has 0 spiro atoms. The fraction of sp³-hybridized carbons (Fsp3) is 0.509. The molecule has 3 N–H and O–H groups in total. The minimum atomic E-state index is 0.418. The molecule has 0 heterocycles. The number of halogens is 2. The van der Waals surface area contributed by atoms with Gasteiger partial charge in [-0.05, 0) is 214 Å². The Balaban J connectivity index is 0.000000120. The molecular weight excluding hydrogens is 860 g/mol. The minimum absolute atomic E-state index is 0.418. The first-order valence-electron chi connectivity index (χ1n) is 22.6. The van der Waals surface area contributed by atoms with Crippen LogP contribution in [0.4, 0.5) is 0 Å². The van der Waals surface area contributed by atoms with Gasteiger partial charge in [0.25, 0.3) is 0 Å². The Morgan fingerprint density at radius 1 is 0.508 bits per heavy atom. The van der Waals surface area contributed by atoms with Crippen molar-refractivity contribution >= 4 is 31.9 Å². The topological polar surface area (TPSA) is 69.9 Å². The molecular formula is C53H66Br2O4. The van der Waals surface area contributed by atoms with Gasteiger partial charge >= 0.3 is 0 Å². The van der Waals surface area contributed by atoms with Crippen LogP contribution in [0.1, 0.15) is 174 Å². The van der Waals surface area contributed by atoms with E-state index in [1.54, 1.807) is 6.08 Å². The first-order chi connectivity index (χ1) is 28.5. The third-order valence-electron chi connectivity index (χ3n) is 13.9. The molecule has 6 fully saturated rings. The summed E-state index contributed by atoms with van der Waals surface area (Å²) in [6.45, 7) is 13.2. The van der Waals surface area contributed by atoms with Gasteiger partial charge in [-0.25, -0.2) is 0 Å². The highest BCUT2D eigenvalue weighted by Crippen LogP contribution is 2.52. The van der Waals surface area contributed by atoms with E-state index in [1.807, 2.05) is 24.3 Å². The number of hydrogen-bond acceptors (Lipinski definition) is 4. The van der Waals surface area contributed by atoms with Crippen molar-refractivity contribution in [2.24, 2.45) is 23.7 Å². The molecule has 0 aromatic heterocycles. The first-order valence-corrected chi connectivity index (χ1v) is 24.2. The van der Waals surface area contributed by atoms with E-state index in [0.717, 1.165) is 43.9 Å². The van der Waals surface area contributed by atoms with Crippen molar-refractivity contribution in [2.45, 2.75) is 140 Å². The van der Waals surface area contributed by atoms with Crippen LogP contribution in [0.2, 0.25) is 0 Å². The molecule has 0 amide bonds. The van der Waals surface area contributed by atoms with Crippen molar-refractivity contribution in [3.63, 3.8) is 0 Å². The second-order valence-electron chi connectivity index (χ2n) is 18.6. The number of benzene rings is 4. The van der Waals surface area contributed by atoms with E-state index >= 15 is 0 Å². The maximum absolute atomic E-state index is 10.2. The molecule has 6 saturated carbocycles. The zero-order valence-electron chi connectivity index (χ0n) is 35.7. The fourth-order valence-electron chi connectivity index (χ4n) is 8.82. The number of phenolic OH excluding ortho intramolecular Hbond substituents is 3. The predicted molar refractivity (Wildman–Crippen MR) is 250 cm³/mol. The summed E-state index contributed by atoms with van der Waals surface area (Å²) in [6.07, 6.45) is 17.5. The van der Waals surface area contributed by atoms with Gasteiger partial charge in [0.1, 0.15) is 29.6 Å². The number of rotatable bonds is 13. The number of ether oxygens (including phenoxy) is 1. The van der Waals surface area contributed by atoms with Crippen LogP contribution in [-0.2, 0) is 0 Å². The van der Waals surface area contributed by atoms with Gasteiger partial charge in [0, 0.05) is 0 Å². The lowest BCUT2D eigenvalue weighted by Crippen LogP contribution is -2.03. The van der Waals surface area contributed by atoms with Crippen LogP contribution < -0.4 is 4.74 Å². The second-order valence-corrected chi connectivity index (χ2v) is 20.3. The van der Waals surface area contributed by atoms with Gasteiger partial charge in [0.15, 0.2) is 0 Å². The van der Waals surface area contributed by atoms with Crippen LogP contribution in [0.25, 0.3) is 0 Å². The van der Waals surface area contributed by atoms with E-state index in [4.69, 9.17) is 4.74 Å². The van der Waals surface area contributed by atoms with Gasteiger partial charge in [-0.1, -0.05) is 101 Å². The smallest absolute Gasteiger partial charge is 0.137 e. The second kappa shape index (κ2) is 19.7. The van der Waals surface area contributed by atoms with E-state index in [-0.39, 0.29) is 0 Å². The molecule has 0 aliphatic heterocycles. The van der Waals surface area contributed by atoms with Gasteiger partial charge in [-0.3, -0.25) is 0 Å². The molecule has 6 aliphatic rings. The summed E-state index contributed by atoms with van der Waals surface area (Å²) in [4.78, 5) is 0. The van der Waals surface area contributed by atoms with Crippen LogP contribution in [0.15, 0.2) is 94.4 Å². The van der Waals surface area contributed by atoms with Crippen LogP contribution in [-0.4, -0.2) is 21.9 Å². The van der Waals surface area contributed by atoms with Crippen LogP contribution in [0.5, 0.6) is 23.0 Å². The summed E-state index contributed by atoms with van der Waals surface area (Å²) < 4.78 is 7.60. The molecule has 316 valence electrons. The van der Waals surface area contributed by atoms with Crippen molar-refractivity contribution in [3.05, 3.63) is 128 Å². The Hall–Kier alpha value is -3.22. The highest BCUT2D eigenvalue weighted by atomic mass is 79.9. The molecule has 59 heavy (non-hydrogen) atoms. The van der Waals surface area contributed by atoms with Crippen molar-refractivity contribution in [3.8, 4) is 23.0 Å². The SMILES string of the molecule is C=CCOc1c(Br)cccc1C(C)C1CC1.CC(c1cccc(Br)c1O)C1CC1.CC(c1cccc(C2CC2)c1O)C1CC1.CC(c1cccc(C2CC2)c1O)C1CC1. The standard InChI is InChI=1S/C14H17BrO.2C14H18O.C11H13BrO/c1-3-9-16-14-12(5-4-6-13(14)15)10(2)11-7-8-11;2*1-9(10-5-6-10)12-3-2-4-13(14(12)15)11-7-8-11;1-7(8-5-6-8)9-3-2-4-10(12)11(9)13/h3-6,10-11H,1,7-9H2,2H3;2*2-4,9-11,15H,5-8H2,1H3;2-4,7-8,13H,5-6H2,1H3. The van der Waals surface area contributed by atoms with Gasteiger partial charge in [-0.15, -0.1) is 0 Å². The van der Waals surface area contributed by atoms with Gasteiger partial charge in [-0.2, -0.15) is 0 Å². The van der Waals surface area contributed by atoms with Gasteiger partial charge < -0.3 is 20.1 Å². The van der Waals surface area contributed by atoms with E-state index in [2.05, 4.69) is 115 Å². The Morgan fingerprint density at radius 3 is 1.22 bits per heavy atom. The molecule has 6 aliphatic carbocycles. The average molecular weight is 927 g/mol. The minimum Gasteiger partial charge on any atom is -0.507 e. The first kappa shape index (κ1) is 43.9.